The van der Waals surface area contributed by atoms with Crippen LogP contribution < -0.4 is 0 Å². The summed E-state index contributed by atoms with van der Waals surface area (Å²) in [5, 5.41) is 11.1. The maximum absolute atomic E-state index is 11.1. The Hall–Kier alpha value is -1.16. The summed E-state index contributed by atoms with van der Waals surface area (Å²) in [6, 6.07) is -0.495. The predicted molar refractivity (Wildman–Crippen MR) is 67.4 cm³/mol. The minimum atomic E-state index is -0.509. The first-order valence-electron chi connectivity index (χ1n) is 6.42. The molecule has 1 fully saturated rings. The average Bonchev–Trinajstić information content (AvgIpc) is 2.84. The summed E-state index contributed by atoms with van der Waals surface area (Å²) in [6.45, 7) is 3.74. The van der Waals surface area contributed by atoms with Gasteiger partial charge in [0, 0.05) is 17.8 Å². The molecule has 1 aliphatic heterocycles. The number of hydrogen-bond acceptors (Lipinski definition) is 3. The lowest BCUT2D eigenvalue weighted by atomic mass is 9.92. The van der Waals surface area contributed by atoms with Crippen LogP contribution >= 0.6 is 0 Å². The summed E-state index contributed by atoms with van der Waals surface area (Å²) >= 11 is 0. The zero-order valence-corrected chi connectivity index (χ0v) is 10.3. The van der Waals surface area contributed by atoms with Crippen LogP contribution in [0.2, 0.25) is 0 Å². The second-order valence-electron chi connectivity index (χ2n) is 4.96. The Kier molecular flexibility index (Phi) is 3.94. The number of hydrogen-bond donors (Lipinski definition) is 0. The standard InChI is InChI=1S/C13H20N2O2/c1-11(15(16)17)13(12-7-3-4-8-12)14-9-5-2-6-10-14/h3-4,7-8,11-13H,2,5-6,9-10H2,1H3. The van der Waals surface area contributed by atoms with E-state index in [9.17, 15) is 10.1 Å². The molecule has 0 N–H and O–H groups in total. The molecule has 0 saturated carbocycles. The van der Waals surface area contributed by atoms with Crippen LogP contribution in [0.25, 0.3) is 0 Å². The van der Waals surface area contributed by atoms with Gasteiger partial charge in [-0.05, 0) is 25.9 Å². The number of nitrogens with zero attached hydrogens (tertiary/aromatic N) is 2. The van der Waals surface area contributed by atoms with E-state index in [4.69, 9.17) is 0 Å². The molecule has 2 unspecified atom stereocenters. The first-order valence-corrected chi connectivity index (χ1v) is 6.42. The molecule has 2 aliphatic rings. The van der Waals surface area contributed by atoms with Crippen molar-refractivity contribution in [2.45, 2.75) is 38.3 Å². The molecule has 0 amide bonds. The third kappa shape index (κ3) is 2.75. The molecular weight excluding hydrogens is 216 g/mol. The summed E-state index contributed by atoms with van der Waals surface area (Å²) in [5.74, 6) is 0.202. The van der Waals surface area contributed by atoms with Gasteiger partial charge in [0.25, 0.3) is 0 Å². The van der Waals surface area contributed by atoms with E-state index in [1.165, 1.54) is 19.3 Å². The second-order valence-corrected chi connectivity index (χ2v) is 4.96. The molecule has 1 aliphatic carbocycles. The van der Waals surface area contributed by atoms with E-state index < -0.39 is 6.04 Å². The maximum Gasteiger partial charge on any atom is 0.226 e. The lowest BCUT2D eigenvalue weighted by molar-refractivity contribution is -0.527. The molecule has 0 aromatic heterocycles. The third-order valence-electron chi connectivity index (χ3n) is 3.81. The highest BCUT2D eigenvalue weighted by Gasteiger charge is 2.37. The molecule has 0 aromatic carbocycles. The minimum Gasteiger partial charge on any atom is -0.293 e. The Morgan fingerprint density at radius 1 is 1.24 bits per heavy atom. The number of rotatable bonds is 4. The topological polar surface area (TPSA) is 46.4 Å². The lowest BCUT2D eigenvalue weighted by Gasteiger charge is -2.37. The van der Waals surface area contributed by atoms with Crippen molar-refractivity contribution >= 4 is 0 Å². The summed E-state index contributed by atoms with van der Waals surface area (Å²) in [4.78, 5) is 13.2. The van der Waals surface area contributed by atoms with Crippen molar-refractivity contribution in [3.05, 3.63) is 34.4 Å². The van der Waals surface area contributed by atoms with Crippen molar-refractivity contribution in [3.8, 4) is 0 Å². The molecule has 94 valence electrons. The Bertz CT molecular complexity index is 320. The van der Waals surface area contributed by atoms with E-state index in [0.29, 0.717) is 0 Å². The van der Waals surface area contributed by atoms with Crippen molar-refractivity contribution in [3.63, 3.8) is 0 Å². The van der Waals surface area contributed by atoms with Gasteiger partial charge in [0.1, 0.15) is 0 Å². The van der Waals surface area contributed by atoms with Gasteiger partial charge in [0.2, 0.25) is 6.04 Å². The van der Waals surface area contributed by atoms with Gasteiger partial charge in [0.15, 0.2) is 0 Å². The van der Waals surface area contributed by atoms with Gasteiger partial charge >= 0.3 is 0 Å². The van der Waals surface area contributed by atoms with Crippen LogP contribution in [-0.4, -0.2) is 35.0 Å². The number of piperidine rings is 1. The van der Waals surface area contributed by atoms with Crippen LogP contribution in [0.3, 0.4) is 0 Å². The van der Waals surface area contributed by atoms with Gasteiger partial charge in [-0.3, -0.25) is 15.0 Å². The van der Waals surface area contributed by atoms with Gasteiger partial charge in [0.05, 0.1) is 6.04 Å². The van der Waals surface area contributed by atoms with E-state index in [1.54, 1.807) is 6.92 Å². The zero-order chi connectivity index (χ0) is 12.3. The molecule has 4 heteroatoms. The van der Waals surface area contributed by atoms with E-state index in [2.05, 4.69) is 17.1 Å². The van der Waals surface area contributed by atoms with Crippen molar-refractivity contribution < 1.29 is 4.92 Å². The van der Waals surface area contributed by atoms with E-state index in [1.807, 2.05) is 12.2 Å². The van der Waals surface area contributed by atoms with E-state index in [-0.39, 0.29) is 16.9 Å². The Labute approximate surface area is 102 Å². The first-order chi connectivity index (χ1) is 8.20. The van der Waals surface area contributed by atoms with Crippen molar-refractivity contribution in [2.75, 3.05) is 13.1 Å². The van der Waals surface area contributed by atoms with E-state index in [0.717, 1.165) is 13.1 Å². The second kappa shape index (κ2) is 5.45. The van der Waals surface area contributed by atoms with Crippen LogP contribution in [0.1, 0.15) is 26.2 Å². The number of nitro groups is 1. The summed E-state index contributed by atoms with van der Waals surface area (Å²) < 4.78 is 0. The highest BCUT2D eigenvalue weighted by Crippen LogP contribution is 2.25. The van der Waals surface area contributed by atoms with Gasteiger partial charge in [-0.15, -0.1) is 0 Å². The fourth-order valence-corrected chi connectivity index (χ4v) is 2.89. The molecule has 17 heavy (non-hydrogen) atoms. The van der Waals surface area contributed by atoms with Crippen LogP contribution in [0.5, 0.6) is 0 Å². The fourth-order valence-electron chi connectivity index (χ4n) is 2.89. The Balaban J connectivity index is 2.13. The minimum absolute atomic E-state index is 0.0142. The Morgan fingerprint density at radius 3 is 2.35 bits per heavy atom. The molecule has 1 saturated heterocycles. The molecule has 2 atom stereocenters. The van der Waals surface area contributed by atoms with Gasteiger partial charge in [-0.25, -0.2) is 0 Å². The predicted octanol–water partition coefficient (Wildman–Crippen LogP) is 2.25. The summed E-state index contributed by atoms with van der Waals surface area (Å²) in [6.07, 6.45) is 11.7. The van der Waals surface area contributed by atoms with Crippen molar-refractivity contribution in [1.29, 1.82) is 0 Å². The van der Waals surface area contributed by atoms with Crippen molar-refractivity contribution in [1.82, 2.24) is 4.90 Å². The quantitative estimate of drug-likeness (QED) is 0.555. The lowest BCUT2D eigenvalue weighted by Crippen LogP contribution is -2.50. The molecule has 0 spiro atoms. The Morgan fingerprint density at radius 2 is 1.82 bits per heavy atom. The monoisotopic (exact) mass is 236 g/mol. The van der Waals surface area contributed by atoms with Crippen LogP contribution in [0.4, 0.5) is 0 Å². The number of allylic oxidation sites excluding steroid dienone is 2. The third-order valence-corrected chi connectivity index (χ3v) is 3.81. The summed E-state index contributed by atoms with van der Waals surface area (Å²) in [7, 11) is 0. The highest BCUT2D eigenvalue weighted by molar-refractivity contribution is 5.20. The molecule has 0 radical (unpaired) electrons. The van der Waals surface area contributed by atoms with Gasteiger partial charge in [-0.1, -0.05) is 30.7 Å². The molecular formula is C13H20N2O2. The molecule has 2 rings (SSSR count). The molecule has 4 nitrogen and oxygen atoms in total. The van der Waals surface area contributed by atoms with Crippen molar-refractivity contribution in [2.24, 2.45) is 5.92 Å². The fraction of sp³-hybridized carbons (Fsp3) is 0.692. The molecule has 1 heterocycles. The molecule has 0 bridgehead atoms. The largest absolute Gasteiger partial charge is 0.293 e. The number of likely N-dealkylation sites (tertiary alicyclic amines) is 1. The molecule has 0 aromatic rings. The maximum atomic E-state index is 11.1. The van der Waals surface area contributed by atoms with Gasteiger partial charge in [-0.2, -0.15) is 0 Å². The normalized spacial score (nSPS) is 25.0. The first kappa shape index (κ1) is 12.3. The van der Waals surface area contributed by atoms with E-state index >= 15 is 0 Å². The van der Waals surface area contributed by atoms with Crippen LogP contribution in [0, 0.1) is 16.0 Å². The average molecular weight is 236 g/mol. The van der Waals surface area contributed by atoms with Crippen LogP contribution in [0.15, 0.2) is 24.3 Å². The zero-order valence-electron chi connectivity index (χ0n) is 10.3. The van der Waals surface area contributed by atoms with Gasteiger partial charge < -0.3 is 0 Å². The summed E-state index contributed by atoms with van der Waals surface area (Å²) in [5.41, 5.74) is 0. The smallest absolute Gasteiger partial charge is 0.226 e. The highest BCUT2D eigenvalue weighted by atomic mass is 16.6. The SMILES string of the molecule is CC(C(C1C=CC=C1)N1CCCCC1)[N+](=O)[O-]. The van der Waals surface area contributed by atoms with Crippen LogP contribution in [-0.2, 0) is 0 Å².